The molecule has 0 aliphatic carbocycles. The van der Waals surface area contributed by atoms with Gasteiger partial charge in [-0.1, -0.05) is 146 Å². The molecule has 0 N–H and O–H groups in total. The third-order valence-corrected chi connectivity index (χ3v) is 10.2. The maximum Gasteiger partial charge on any atom is 0.164 e. The van der Waals surface area contributed by atoms with Gasteiger partial charge < -0.3 is 9.15 Å². The molecule has 3 heterocycles. The number of nitrogens with zero attached hydrogens (tertiary/aromatic N) is 3. The second-order valence-corrected chi connectivity index (χ2v) is 13.9. The Morgan fingerprint density at radius 3 is 1.83 bits per heavy atom. The van der Waals surface area contributed by atoms with E-state index in [-0.39, 0.29) is 0 Å². The third kappa shape index (κ3) is 5.32. The fourth-order valence-electron chi connectivity index (χ4n) is 7.63. The van der Waals surface area contributed by atoms with E-state index >= 15 is 0 Å². The van der Waals surface area contributed by atoms with Crippen LogP contribution in [0.5, 0.6) is 5.75 Å². The highest BCUT2D eigenvalue weighted by Crippen LogP contribution is 2.47. The van der Waals surface area contributed by atoms with Crippen LogP contribution in [-0.2, 0) is 5.40 Å². The lowest BCUT2D eigenvalue weighted by Crippen LogP contribution is -2.37. The van der Waals surface area contributed by atoms with E-state index in [1.165, 1.54) is 11.1 Å². The second kappa shape index (κ2) is 12.2. The van der Waals surface area contributed by atoms with E-state index in [0.717, 1.165) is 72.2 Å². The van der Waals surface area contributed by atoms with Crippen LogP contribution in [0.4, 0.5) is 0 Å². The average Bonchev–Trinajstić information content (AvgIpc) is 3.60. The molecule has 1 aliphatic rings. The van der Waals surface area contributed by atoms with Crippen molar-refractivity contribution >= 4 is 37.6 Å². The zero-order valence-corrected chi connectivity index (χ0v) is 29.2. The standard InChI is InChI=1S/C46H31B2N3O2/c47-46(48)38-20-10-17-33(41(38)37-16-5-7-22-40(37)53-46)28-23-25-30(26-24-28)44-49-43(29-11-2-1-3-12-29)50-45(51-44)32-14-8-13-31(27-32)34-18-9-19-36-35-15-4-6-21-39(35)52-42(34)36/h1-27H,47-48H2. The fraction of sp³-hybridized carbons (Fsp3) is 0.0217. The number of hydrogen-bond donors (Lipinski definition) is 0. The lowest BCUT2D eigenvalue weighted by atomic mass is 9.58. The van der Waals surface area contributed by atoms with Crippen LogP contribution in [-0.4, -0.2) is 30.6 Å². The number of hydrogen-bond acceptors (Lipinski definition) is 5. The van der Waals surface area contributed by atoms with Gasteiger partial charge in [0, 0.05) is 38.6 Å². The zero-order valence-electron chi connectivity index (χ0n) is 29.2. The number of ether oxygens (including phenoxy) is 1. The van der Waals surface area contributed by atoms with Crippen molar-refractivity contribution < 1.29 is 9.15 Å². The third-order valence-electron chi connectivity index (χ3n) is 10.2. The quantitative estimate of drug-likeness (QED) is 0.170. The van der Waals surface area contributed by atoms with Gasteiger partial charge >= 0.3 is 0 Å². The molecule has 7 heteroatoms. The van der Waals surface area contributed by atoms with Gasteiger partial charge in [0.1, 0.15) is 16.9 Å². The summed E-state index contributed by atoms with van der Waals surface area (Å²) in [5.41, 5.74) is 12.3. The Morgan fingerprint density at radius 1 is 0.434 bits per heavy atom. The molecular formula is C46H31B2N3O2. The number of furan rings is 1. The summed E-state index contributed by atoms with van der Waals surface area (Å²) < 4.78 is 12.8. The molecule has 0 unspecified atom stereocenters. The maximum absolute atomic E-state index is 6.45. The van der Waals surface area contributed by atoms with Gasteiger partial charge in [-0.25, -0.2) is 15.0 Å². The van der Waals surface area contributed by atoms with Crippen LogP contribution in [0, 0.1) is 0 Å². The number of fused-ring (bicyclic) bond motifs is 6. The molecule has 0 spiro atoms. The Balaban J connectivity index is 1.08. The van der Waals surface area contributed by atoms with Gasteiger partial charge in [-0.3, -0.25) is 0 Å². The lowest BCUT2D eigenvalue weighted by Gasteiger charge is -2.36. The first kappa shape index (κ1) is 31.1. The van der Waals surface area contributed by atoms with E-state index in [1.54, 1.807) is 0 Å². The molecule has 53 heavy (non-hydrogen) atoms. The molecule has 0 amide bonds. The first-order chi connectivity index (χ1) is 26.0. The molecule has 10 rings (SSSR count). The predicted molar refractivity (Wildman–Crippen MR) is 219 cm³/mol. The van der Waals surface area contributed by atoms with Crippen molar-refractivity contribution in [1.82, 2.24) is 15.0 Å². The summed E-state index contributed by atoms with van der Waals surface area (Å²) >= 11 is 0. The predicted octanol–water partition coefficient (Wildman–Crippen LogP) is 9.54. The Kier molecular flexibility index (Phi) is 7.15. The van der Waals surface area contributed by atoms with Crippen molar-refractivity contribution in [2.75, 3.05) is 0 Å². The average molecular weight is 679 g/mol. The topological polar surface area (TPSA) is 61.0 Å². The summed E-state index contributed by atoms with van der Waals surface area (Å²) in [6.45, 7) is 0. The summed E-state index contributed by atoms with van der Waals surface area (Å²) in [6.07, 6.45) is 0. The number of aromatic nitrogens is 3. The highest BCUT2D eigenvalue weighted by Gasteiger charge is 2.33. The van der Waals surface area contributed by atoms with Gasteiger partial charge in [0.05, 0.1) is 5.40 Å². The lowest BCUT2D eigenvalue weighted by molar-refractivity contribution is 0.241. The van der Waals surface area contributed by atoms with Gasteiger partial charge in [0.2, 0.25) is 0 Å². The largest absolute Gasteiger partial charge is 0.500 e. The molecule has 0 bridgehead atoms. The molecule has 0 atom stereocenters. The van der Waals surface area contributed by atoms with E-state index in [2.05, 4.69) is 125 Å². The highest BCUT2D eigenvalue weighted by atomic mass is 16.5. The smallest absolute Gasteiger partial charge is 0.164 e. The van der Waals surface area contributed by atoms with Crippen molar-refractivity contribution in [3.05, 3.63) is 169 Å². The Morgan fingerprint density at radius 2 is 1.00 bits per heavy atom. The fourth-order valence-corrected chi connectivity index (χ4v) is 7.63. The summed E-state index contributed by atoms with van der Waals surface area (Å²) in [6, 6.07) is 56.3. The van der Waals surface area contributed by atoms with E-state index in [0.29, 0.717) is 17.5 Å². The van der Waals surface area contributed by atoms with Crippen LogP contribution in [0.3, 0.4) is 0 Å². The molecule has 1 aliphatic heterocycles. The minimum atomic E-state index is -0.454. The zero-order chi connectivity index (χ0) is 35.5. The Labute approximate surface area is 308 Å². The normalized spacial score (nSPS) is 13.0. The SMILES string of the molecule is BC1(B)Oc2ccccc2-c2c(-c3ccc(-c4nc(-c5ccccc5)nc(-c5cccc(-c6cccc7c6oc6ccccc67)c5)n4)cc3)cccc21. The van der Waals surface area contributed by atoms with Crippen molar-refractivity contribution in [2.45, 2.75) is 5.40 Å². The minimum absolute atomic E-state index is 0.454. The monoisotopic (exact) mass is 679 g/mol. The molecule has 9 aromatic rings. The number of rotatable bonds is 5. The van der Waals surface area contributed by atoms with Crippen LogP contribution in [0.1, 0.15) is 5.56 Å². The van der Waals surface area contributed by atoms with Crippen LogP contribution in [0.15, 0.2) is 168 Å². The van der Waals surface area contributed by atoms with Gasteiger partial charge in [-0.15, -0.1) is 0 Å². The first-order valence-corrected chi connectivity index (χ1v) is 17.9. The Hall–Kier alpha value is -6.72. The van der Waals surface area contributed by atoms with E-state index < -0.39 is 5.40 Å². The molecular weight excluding hydrogens is 648 g/mol. The maximum atomic E-state index is 6.45. The summed E-state index contributed by atoms with van der Waals surface area (Å²) in [5.74, 6) is 2.74. The van der Waals surface area contributed by atoms with Crippen LogP contribution < -0.4 is 4.74 Å². The van der Waals surface area contributed by atoms with Gasteiger partial charge in [0.15, 0.2) is 33.2 Å². The Bertz CT molecular complexity index is 2850. The molecule has 0 saturated heterocycles. The van der Waals surface area contributed by atoms with Crippen molar-refractivity contribution in [1.29, 1.82) is 0 Å². The van der Waals surface area contributed by atoms with Crippen LogP contribution >= 0.6 is 0 Å². The van der Waals surface area contributed by atoms with Gasteiger partial charge in [0.25, 0.3) is 0 Å². The first-order valence-electron chi connectivity index (χ1n) is 17.9. The summed E-state index contributed by atoms with van der Waals surface area (Å²) in [4.78, 5) is 15.1. The van der Waals surface area contributed by atoms with Crippen LogP contribution in [0.25, 0.3) is 89.5 Å². The number of para-hydroxylation sites is 3. The molecule has 0 saturated carbocycles. The van der Waals surface area contributed by atoms with E-state index in [1.807, 2.05) is 54.6 Å². The number of benzene rings is 7. The molecule has 2 aromatic heterocycles. The summed E-state index contributed by atoms with van der Waals surface area (Å²) in [7, 11) is 4.26. The van der Waals surface area contributed by atoms with Crippen molar-refractivity contribution in [2.24, 2.45) is 0 Å². The highest BCUT2D eigenvalue weighted by molar-refractivity contribution is 6.40. The molecule has 248 valence electrons. The van der Waals surface area contributed by atoms with Crippen LogP contribution in [0.2, 0.25) is 0 Å². The van der Waals surface area contributed by atoms with Gasteiger partial charge in [-0.2, -0.15) is 0 Å². The molecule has 5 nitrogen and oxygen atoms in total. The van der Waals surface area contributed by atoms with Gasteiger partial charge in [-0.05, 0) is 46.0 Å². The molecule has 0 fully saturated rings. The molecule has 0 radical (unpaired) electrons. The second-order valence-electron chi connectivity index (χ2n) is 13.9. The van der Waals surface area contributed by atoms with E-state index in [9.17, 15) is 0 Å². The van der Waals surface area contributed by atoms with Crippen molar-refractivity contribution in [3.8, 4) is 73.3 Å². The van der Waals surface area contributed by atoms with Crippen molar-refractivity contribution in [3.63, 3.8) is 0 Å². The molecule has 7 aromatic carbocycles. The van der Waals surface area contributed by atoms with E-state index in [4.69, 9.17) is 24.1 Å². The minimum Gasteiger partial charge on any atom is -0.500 e. The summed E-state index contributed by atoms with van der Waals surface area (Å²) in [5, 5.41) is 1.75.